The molecule has 0 atom stereocenters. The average Bonchev–Trinajstić information content (AvgIpc) is 2.89. The van der Waals surface area contributed by atoms with Gasteiger partial charge in [-0.1, -0.05) is 29.8 Å². The summed E-state index contributed by atoms with van der Waals surface area (Å²) in [5.41, 5.74) is 5.40. The first-order chi connectivity index (χ1) is 10.8. The molecule has 0 aliphatic carbocycles. The number of rotatable bonds is 1. The summed E-state index contributed by atoms with van der Waals surface area (Å²) in [6.07, 6.45) is 0. The Hall–Kier alpha value is -3.05. The zero-order valence-electron chi connectivity index (χ0n) is 12.2. The molecule has 0 spiro atoms. The first-order valence-corrected chi connectivity index (χ1v) is 7.28. The Bertz CT molecular complexity index is 1030. The van der Waals surface area contributed by atoms with E-state index in [0.29, 0.717) is 5.56 Å². The monoisotopic (exact) mass is 282 g/mol. The number of nitrogens with zero attached hydrogens (tertiary/aromatic N) is 2. The first-order valence-electron chi connectivity index (χ1n) is 7.28. The van der Waals surface area contributed by atoms with Gasteiger partial charge in [-0.2, -0.15) is 5.26 Å². The fraction of sp³-hybridized carbons (Fsp3) is 0.0500. The van der Waals surface area contributed by atoms with Crippen LogP contribution in [0.3, 0.4) is 0 Å². The van der Waals surface area contributed by atoms with Crippen LogP contribution in [0.25, 0.3) is 27.5 Å². The second-order valence-electron chi connectivity index (χ2n) is 5.53. The van der Waals surface area contributed by atoms with E-state index in [4.69, 9.17) is 5.26 Å². The molecule has 0 N–H and O–H groups in total. The molecule has 0 radical (unpaired) electrons. The van der Waals surface area contributed by atoms with E-state index in [0.717, 1.165) is 5.69 Å². The molecule has 2 nitrogen and oxygen atoms in total. The molecule has 4 rings (SSSR count). The maximum Gasteiger partial charge on any atom is 0.0991 e. The first kappa shape index (κ1) is 12.7. The molecule has 0 saturated carbocycles. The minimum absolute atomic E-state index is 0.681. The number of aromatic nitrogens is 1. The predicted octanol–water partition coefficient (Wildman–Crippen LogP) is 4.96. The number of hydrogen-bond donors (Lipinski definition) is 0. The predicted molar refractivity (Wildman–Crippen MR) is 90.2 cm³/mol. The number of hydrogen-bond acceptors (Lipinski definition) is 1. The van der Waals surface area contributed by atoms with E-state index in [1.54, 1.807) is 0 Å². The zero-order chi connectivity index (χ0) is 15.1. The van der Waals surface area contributed by atoms with Crippen LogP contribution in [0.4, 0.5) is 0 Å². The van der Waals surface area contributed by atoms with E-state index in [9.17, 15) is 0 Å². The van der Waals surface area contributed by atoms with Gasteiger partial charge in [0.25, 0.3) is 0 Å². The van der Waals surface area contributed by atoms with E-state index < -0.39 is 0 Å². The second kappa shape index (κ2) is 4.75. The Morgan fingerprint density at radius 1 is 0.818 bits per heavy atom. The van der Waals surface area contributed by atoms with Crippen LogP contribution in [-0.2, 0) is 0 Å². The Morgan fingerprint density at radius 3 is 2.32 bits per heavy atom. The van der Waals surface area contributed by atoms with Crippen LogP contribution in [0.5, 0.6) is 0 Å². The Morgan fingerprint density at radius 2 is 1.55 bits per heavy atom. The van der Waals surface area contributed by atoms with E-state index >= 15 is 0 Å². The summed E-state index contributed by atoms with van der Waals surface area (Å²) in [6, 6.07) is 24.9. The highest BCUT2D eigenvalue weighted by atomic mass is 15.0. The molecule has 0 unspecified atom stereocenters. The van der Waals surface area contributed by atoms with Crippen molar-refractivity contribution in [2.24, 2.45) is 0 Å². The molecular formula is C20H14N2. The van der Waals surface area contributed by atoms with Crippen LogP contribution in [0.15, 0.2) is 66.7 Å². The van der Waals surface area contributed by atoms with E-state index in [1.165, 1.54) is 27.4 Å². The molecule has 1 heterocycles. The maximum absolute atomic E-state index is 8.98. The summed E-state index contributed by atoms with van der Waals surface area (Å²) >= 11 is 0. The molecule has 22 heavy (non-hydrogen) atoms. The summed E-state index contributed by atoms with van der Waals surface area (Å²) in [5.74, 6) is 0. The van der Waals surface area contributed by atoms with Gasteiger partial charge in [0.2, 0.25) is 0 Å². The summed E-state index contributed by atoms with van der Waals surface area (Å²) in [6.45, 7) is 2.12. The molecular weight excluding hydrogens is 268 g/mol. The lowest BCUT2D eigenvalue weighted by molar-refractivity contribution is 1.18. The molecule has 104 valence electrons. The largest absolute Gasteiger partial charge is 0.309 e. The van der Waals surface area contributed by atoms with Crippen LogP contribution < -0.4 is 0 Å². The van der Waals surface area contributed by atoms with Crippen molar-refractivity contribution in [2.45, 2.75) is 6.92 Å². The lowest BCUT2D eigenvalue weighted by Crippen LogP contribution is -1.93. The van der Waals surface area contributed by atoms with Crippen molar-refractivity contribution in [3.05, 3.63) is 77.9 Å². The molecule has 0 bridgehead atoms. The van der Waals surface area contributed by atoms with Crippen LogP contribution in [0.2, 0.25) is 0 Å². The molecule has 2 heteroatoms. The number of fused-ring (bicyclic) bond motifs is 3. The molecule has 0 saturated heterocycles. The van der Waals surface area contributed by atoms with Gasteiger partial charge in [-0.15, -0.1) is 0 Å². The molecule has 0 amide bonds. The normalized spacial score (nSPS) is 10.9. The number of nitriles is 1. The second-order valence-corrected chi connectivity index (χ2v) is 5.53. The number of para-hydroxylation sites is 1. The maximum atomic E-state index is 8.98. The molecule has 0 aliphatic rings. The standard InChI is InChI=1S/C20H14N2/c1-14-6-11-20-18(12-14)17-4-2-3-5-19(17)22(20)16-9-7-15(13-21)8-10-16/h2-12H,1H3. The summed E-state index contributed by atoms with van der Waals surface area (Å²) in [5, 5.41) is 11.5. The number of benzene rings is 3. The highest BCUT2D eigenvalue weighted by Crippen LogP contribution is 2.32. The third-order valence-electron chi connectivity index (χ3n) is 4.08. The van der Waals surface area contributed by atoms with Gasteiger partial charge in [-0.3, -0.25) is 0 Å². The zero-order valence-corrected chi connectivity index (χ0v) is 12.2. The van der Waals surface area contributed by atoms with Gasteiger partial charge in [0.15, 0.2) is 0 Å². The quantitative estimate of drug-likeness (QED) is 0.485. The summed E-state index contributed by atoms with van der Waals surface area (Å²) in [7, 11) is 0. The van der Waals surface area contributed by atoms with Crippen LogP contribution in [0.1, 0.15) is 11.1 Å². The lowest BCUT2D eigenvalue weighted by atomic mass is 10.1. The van der Waals surface area contributed by atoms with Crippen molar-refractivity contribution < 1.29 is 0 Å². The van der Waals surface area contributed by atoms with Crippen molar-refractivity contribution in [3.63, 3.8) is 0 Å². The van der Waals surface area contributed by atoms with Gasteiger partial charge >= 0.3 is 0 Å². The van der Waals surface area contributed by atoms with Gasteiger partial charge in [0.1, 0.15) is 0 Å². The average molecular weight is 282 g/mol. The third kappa shape index (κ3) is 1.80. The third-order valence-corrected chi connectivity index (χ3v) is 4.08. The molecule has 4 aromatic rings. The molecule has 0 fully saturated rings. The Kier molecular flexibility index (Phi) is 2.74. The van der Waals surface area contributed by atoms with Gasteiger partial charge in [0, 0.05) is 16.5 Å². The van der Waals surface area contributed by atoms with Crippen LogP contribution in [-0.4, -0.2) is 4.57 Å². The van der Waals surface area contributed by atoms with Gasteiger partial charge in [0.05, 0.1) is 22.7 Å². The van der Waals surface area contributed by atoms with Crippen molar-refractivity contribution in [1.29, 1.82) is 5.26 Å². The van der Waals surface area contributed by atoms with E-state index in [2.05, 4.69) is 60.0 Å². The van der Waals surface area contributed by atoms with Gasteiger partial charge in [-0.25, -0.2) is 0 Å². The highest BCUT2D eigenvalue weighted by Gasteiger charge is 2.11. The summed E-state index contributed by atoms with van der Waals surface area (Å²) in [4.78, 5) is 0. The fourth-order valence-electron chi connectivity index (χ4n) is 3.05. The Labute approximate surface area is 128 Å². The minimum Gasteiger partial charge on any atom is -0.309 e. The van der Waals surface area contributed by atoms with Crippen molar-refractivity contribution in [2.75, 3.05) is 0 Å². The Balaban J connectivity index is 2.12. The van der Waals surface area contributed by atoms with Crippen LogP contribution in [0, 0.1) is 18.3 Å². The van der Waals surface area contributed by atoms with Gasteiger partial charge < -0.3 is 4.57 Å². The minimum atomic E-state index is 0.681. The van der Waals surface area contributed by atoms with Crippen LogP contribution >= 0.6 is 0 Å². The topological polar surface area (TPSA) is 28.7 Å². The molecule has 3 aromatic carbocycles. The van der Waals surface area contributed by atoms with Crippen molar-refractivity contribution >= 4 is 21.8 Å². The molecule has 0 aliphatic heterocycles. The van der Waals surface area contributed by atoms with E-state index in [-0.39, 0.29) is 0 Å². The lowest BCUT2D eigenvalue weighted by Gasteiger charge is -2.07. The van der Waals surface area contributed by atoms with Crippen molar-refractivity contribution in [3.8, 4) is 11.8 Å². The smallest absolute Gasteiger partial charge is 0.0991 e. The number of aryl methyl sites for hydroxylation is 1. The molecule has 1 aromatic heterocycles. The summed E-state index contributed by atoms with van der Waals surface area (Å²) < 4.78 is 2.26. The van der Waals surface area contributed by atoms with E-state index in [1.807, 2.05) is 24.3 Å². The van der Waals surface area contributed by atoms with Crippen molar-refractivity contribution in [1.82, 2.24) is 4.57 Å². The fourth-order valence-corrected chi connectivity index (χ4v) is 3.05. The SMILES string of the molecule is Cc1ccc2c(c1)c1ccccc1n2-c1ccc(C#N)cc1. The highest BCUT2D eigenvalue weighted by molar-refractivity contribution is 6.09. The van der Waals surface area contributed by atoms with Gasteiger partial charge in [-0.05, 0) is 49.4 Å².